The largest absolute Gasteiger partial charge is 0.293 e. The summed E-state index contributed by atoms with van der Waals surface area (Å²) in [5.74, 6) is -0.262. The maximum absolute atomic E-state index is 11.5. The number of hydrogen-bond donors (Lipinski definition) is 2. The average Bonchev–Trinajstić information content (AvgIpc) is 2.27. The van der Waals surface area contributed by atoms with Gasteiger partial charge in [0.05, 0.1) is 6.54 Å². The predicted molar refractivity (Wildman–Crippen MR) is 61.4 cm³/mol. The molecule has 0 spiro atoms. The van der Waals surface area contributed by atoms with E-state index in [0.717, 1.165) is 0 Å². The van der Waals surface area contributed by atoms with Crippen LogP contribution in [0.5, 0.6) is 0 Å². The Hall–Kier alpha value is -1.24. The first kappa shape index (κ1) is 12.8. The van der Waals surface area contributed by atoms with Crippen molar-refractivity contribution in [2.75, 3.05) is 13.1 Å². The van der Waals surface area contributed by atoms with E-state index in [2.05, 4.69) is 9.44 Å². The van der Waals surface area contributed by atoms with Crippen molar-refractivity contribution in [1.82, 2.24) is 9.44 Å². The molecule has 0 fully saturated rings. The highest BCUT2D eigenvalue weighted by molar-refractivity contribution is 7.87. The third kappa shape index (κ3) is 4.09. The lowest BCUT2D eigenvalue weighted by Gasteiger charge is -2.05. The molecule has 0 saturated carbocycles. The normalized spacial score (nSPS) is 11.3. The highest BCUT2D eigenvalue weighted by Crippen LogP contribution is 1.98. The topological polar surface area (TPSA) is 75.3 Å². The summed E-state index contributed by atoms with van der Waals surface area (Å²) in [6.45, 7) is 1.71. The number of ketones is 1. The fourth-order valence-electron chi connectivity index (χ4n) is 1.13. The van der Waals surface area contributed by atoms with Crippen molar-refractivity contribution < 1.29 is 13.2 Å². The number of hydrogen-bond acceptors (Lipinski definition) is 3. The predicted octanol–water partition coefficient (Wildman–Crippen LogP) is 0.313. The van der Waals surface area contributed by atoms with Crippen LogP contribution >= 0.6 is 0 Å². The van der Waals surface area contributed by atoms with Crippen molar-refractivity contribution in [2.45, 2.75) is 6.92 Å². The molecular weight excluding hydrogens is 228 g/mol. The van der Waals surface area contributed by atoms with E-state index in [0.29, 0.717) is 5.56 Å². The van der Waals surface area contributed by atoms with Gasteiger partial charge >= 0.3 is 0 Å². The standard InChI is InChI=1S/C10H14N2O3S/c1-2-11-16(14,15)12-8-10(13)9-6-4-3-5-7-9/h3-7,11-12H,2,8H2,1H3. The van der Waals surface area contributed by atoms with Gasteiger partial charge in [0.1, 0.15) is 0 Å². The average molecular weight is 242 g/mol. The highest BCUT2D eigenvalue weighted by atomic mass is 32.2. The summed E-state index contributed by atoms with van der Waals surface area (Å²) in [6.07, 6.45) is 0. The molecule has 0 aromatic heterocycles. The third-order valence-electron chi connectivity index (χ3n) is 1.85. The minimum absolute atomic E-state index is 0.237. The molecule has 1 aromatic carbocycles. The van der Waals surface area contributed by atoms with Crippen molar-refractivity contribution in [3.63, 3.8) is 0 Å². The van der Waals surface area contributed by atoms with E-state index >= 15 is 0 Å². The molecular formula is C10H14N2O3S. The second-order valence-electron chi connectivity index (χ2n) is 3.11. The molecule has 0 unspecified atom stereocenters. The molecule has 0 bridgehead atoms. The SMILES string of the molecule is CCNS(=O)(=O)NCC(=O)c1ccccc1. The number of carbonyl (C=O) groups is 1. The van der Waals surface area contributed by atoms with Gasteiger partial charge < -0.3 is 0 Å². The first-order valence-electron chi connectivity index (χ1n) is 4.87. The Kier molecular flexibility index (Phi) is 4.60. The molecule has 0 heterocycles. The van der Waals surface area contributed by atoms with Gasteiger partial charge in [0.2, 0.25) is 0 Å². The third-order valence-corrected chi connectivity index (χ3v) is 3.05. The van der Waals surface area contributed by atoms with E-state index in [4.69, 9.17) is 0 Å². The maximum atomic E-state index is 11.5. The van der Waals surface area contributed by atoms with Crippen LogP contribution in [-0.2, 0) is 10.2 Å². The van der Waals surface area contributed by atoms with E-state index in [1.807, 2.05) is 0 Å². The summed E-state index contributed by atoms with van der Waals surface area (Å²) in [5.41, 5.74) is 0.488. The Balaban J connectivity index is 2.54. The molecule has 88 valence electrons. The van der Waals surface area contributed by atoms with E-state index < -0.39 is 10.2 Å². The lowest BCUT2D eigenvalue weighted by atomic mass is 10.1. The molecule has 0 aliphatic rings. The van der Waals surface area contributed by atoms with Gasteiger partial charge in [-0.25, -0.2) is 4.72 Å². The Morgan fingerprint density at radius 1 is 1.19 bits per heavy atom. The molecule has 0 amide bonds. The molecule has 0 radical (unpaired) electrons. The smallest absolute Gasteiger partial charge is 0.277 e. The Morgan fingerprint density at radius 2 is 1.81 bits per heavy atom. The second kappa shape index (κ2) is 5.74. The molecule has 1 aromatic rings. The van der Waals surface area contributed by atoms with Crippen LogP contribution in [0.15, 0.2) is 30.3 Å². The van der Waals surface area contributed by atoms with Crippen LogP contribution in [0, 0.1) is 0 Å². The number of Topliss-reactive ketones (excluding diaryl/α,β-unsaturated/α-hetero) is 1. The lowest BCUT2D eigenvalue weighted by molar-refractivity contribution is 0.0997. The van der Waals surface area contributed by atoms with E-state index in [-0.39, 0.29) is 18.9 Å². The van der Waals surface area contributed by atoms with Crippen LogP contribution in [0.2, 0.25) is 0 Å². The number of nitrogens with one attached hydrogen (secondary N) is 2. The fraction of sp³-hybridized carbons (Fsp3) is 0.300. The van der Waals surface area contributed by atoms with Crippen molar-refractivity contribution in [3.8, 4) is 0 Å². The summed E-state index contributed by atoms with van der Waals surface area (Å²) in [6, 6.07) is 8.53. The number of carbonyl (C=O) groups excluding carboxylic acids is 1. The number of benzene rings is 1. The molecule has 1 rings (SSSR count). The zero-order valence-corrected chi connectivity index (χ0v) is 9.75. The minimum Gasteiger partial charge on any atom is -0.293 e. The maximum Gasteiger partial charge on any atom is 0.277 e. The van der Waals surface area contributed by atoms with Gasteiger partial charge in [-0.15, -0.1) is 0 Å². The Labute approximate surface area is 95.0 Å². The monoisotopic (exact) mass is 242 g/mol. The summed E-state index contributed by atoms with van der Waals surface area (Å²) < 4.78 is 26.8. The van der Waals surface area contributed by atoms with Gasteiger partial charge in [-0.05, 0) is 0 Å². The van der Waals surface area contributed by atoms with Crippen molar-refractivity contribution in [2.24, 2.45) is 0 Å². The van der Waals surface area contributed by atoms with Crippen LogP contribution in [0.3, 0.4) is 0 Å². The summed E-state index contributed by atoms with van der Waals surface area (Å²) >= 11 is 0. The van der Waals surface area contributed by atoms with Crippen LogP contribution in [0.25, 0.3) is 0 Å². The van der Waals surface area contributed by atoms with Gasteiger partial charge in [-0.1, -0.05) is 37.3 Å². The van der Waals surface area contributed by atoms with E-state index in [1.165, 1.54) is 0 Å². The van der Waals surface area contributed by atoms with E-state index in [1.54, 1.807) is 37.3 Å². The summed E-state index contributed by atoms with van der Waals surface area (Å²) in [4.78, 5) is 11.5. The zero-order chi connectivity index (χ0) is 12.0. The van der Waals surface area contributed by atoms with Crippen molar-refractivity contribution in [1.29, 1.82) is 0 Å². The molecule has 16 heavy (non-hydrogen) atoms. The molecule has 0 aliphatic heterocycles. The quantitative estimate of drug-likeness (QED) is 0.705. The molecule has 5 nitrogen and oxygen atoms in total. The van der Waals surface area contributed by atoms with Crippen LogP contribution in [-0.4, -0.2) is 27.3 Å². The highest BCUT2D eigenvalue weighted by Gasteiger charge is 2.11. The van der Waals surface area contributed by atoms with Gasteiger partial charge in [-0.2, -0.15) is 13.1 Å². The summed E-state index contributed by atoms with van der Waals surface area (Å²) in [7, 11) is -3.56. The first-order valence-corrected chi connectivity index (χ1v) is 6.36. The van der Waals surface area contributed by atoms with Crippen molar-refractivity contribution >= 4 is 16.0 Å². The van der Waals surface area contributed by atoms with Crippen LogP contribution in [0.4, 0.5) is 0 Å². The fourth-order valence-corrected chi connectivity index (χ4v) is 1.93. The Morgan fingerprint density at radius 3 is 2.38 bits per heavy atom. The molecule has 0 aliphatic carbocycles. The summed E-state index contributed by atoms with van der Waals surface area (Å²) in [5, 5.41) is 0. The first-order chi connectivity index (χ1) is 7.55. The Bertz CT molecular complexity index is 442. The molecule has 0 saturated heterocycles. The van der Waals surface area contributed by atoms with Crippen LogP contribution in [0.1, 0.15) is 17.3 Å². The van der Waals surface area contributed by atoms with Crippen molar-refractivity contribution in [3.05, 3.63) is 35.9 Å². The van der Waals surface area contributed by atoms with Gasteiger partial charge in [0.25, 0.3) is 10.2 Å². The molecule has 0 atom stereocenters. The zero-order valence-electron chi connectivity index (χ0n) is 8.93. The van der Waals surface area contributed by atoms with E-state index in [9.17, 15) is 13.2 Å². The van der Waals surface area contributed by atoms with Gasteiger partial charge in [-0.3, -0.25) is 4.79 Å². The van der Waals surface area contributed by atoms with Gasteiger partial charge in [0.15, 0.2) is 5.78 Å². The molecule has 6 heteroatoms. The van der Waals surface area contributed by atoms with Crippen LogP contribution < -0.4 is 9.44 Å². The minimum atomic E-state index is -3.56. The number of rotatable bonds is 6. The van der Waals surface area contributed by atoms with Gasteiger partial charge in [0, 0.05) is 12.1 Å². The molecule has 2 N–H and O–H groups in total. The lowest BCUT2D eigenvalue weighted by Crippen LogP contribution is -2.39. The second-order valence-corrected chi connectivity index (χ2v) is 4.70.